The molecule has 1 aliphatic rings. The Labute approximate surface area is 150 Å². The minimum atomic E-state index is -0.114. The van der Waals surface area contributed by atoms with E-state index in [1.165, 1.54) is 28.3 Å². The number of benzene rings is 1. The lowest BCUT2D eigenvalue weighted by atomic mass is 9.94. The first-order valence-electron chi connectivity index (χ1n) is 8.42. The maximum Gasteiger partial charge on any atom is 0.259 e. The summed E-state index contributed by atoms with van der Waals surface area (Å²) >= 11 is 0. The minimum Gasteiger partial charge on any atom is -0.340 e. The smallest absolute Gasteiger partial charge is 0.259 e. The number of fused-ring (bicyclic) bond motifs is 1. The highest BCUT2D eigenvalue weighted by Crippen LogP contribution is 2.23. The molecule has 0 fully saturated rings. The van der Waals surface area contributed by atoms with Crippen LogP contribution in [0.15, 0.2) is 36.8 Å². The molecule has 9 nitrogen and oxygen atoms in total. The third-order valence-corrected chi connectivity index (χ3v) is 4.88. The fourth-order valence-corrected chi connectivity index (χ4v) is 3.40. The van der Waals surface area contributed by atoms with Gasteiger partial charge in [-0.25, -0.2) is 0 Å². The van der Waals surface area contributed by atoms with E-state index in [1.54, 1.807) is 4.90 Å². The molecule has 0 radical (unpaired) electrons. The Morgan fingerprint density at radius 2 is 2.15 bits per heavy atom. The van der Waals surface area contributed by atoms with E-state index in [1.807, 2.05) is 7.05 Å². The van der Waals surface area contributed by atoms with Gasteiger partial charge in [0, 0.05) is 26.2 Å². The van der Waals surface area contributed by atoms with E-state index in [9.17, 15) is 4.79 Å². The number of aromatic amines is 1. The van der Waals surface area contributed by atoms with Gasteiger partial charge >= 0.3 is 0 Å². The Kier molecular flexibility index (Phi) is 4.21. The van der Waals surface area contributed by atoms with Crippen LogP contribution in [0.1, 0.15) is 21.5 Å². The average molecular weight is 352 g/mol. The van der Waals surface area contributed by atoms with E-state index < -0.39 is 0 Å². The van der Waals surface area contributed by atoms with E-state index in [0.29, 0.717) is 17.9 Å². The number of amides is 1. The molecule has 3 heterocycles. The molecule has 1 aromatic carbocycles. The summed E-state index contributed by atoms with van der Waals surface area (Å²) in [5.74, 6) is 0.353. The molecule has 9 heteroatoms. The molecule has 0 saturated carbocycles. The van der Waals surface area contributed by atoms with Crippen molar-refractivity contribution in [1.29, 1.82) is 0 Å². The van der Waals surface area contributed by atoms with Gasteiger partial charge in [0.1, 0.15) is 11.9 Å². The summed E-state index contributed by atoms with van der Waals surface area (Å²) in [6, 6.07) is 8.74. The zero-order valence-electron chi connectivity index (χ0n) is 14.7. The Hall–Kier alpha value is -3.07. The molecule has 0 spiro atoms. The molecule has 0 aliphatic carbocycles. The van der Waals surface area contributed by atoms with Gasteiger partial charge in [0.2, 0.25) is 0 Å². The summed E-state index contributed by atoms with van der Waals surface area (Å²) < 4.78 is 1.40. The number of aromatic nitrogens is 6. The molecule has 1 N–H and O–H groups in total. The second-order valence-corrected chi connectivity index (χ2v) is 6.61. The molecule has 2 aromatic heterocycles. The summed E-state index contributed by atoms with van der Waals surface area (Å²) in [6.07, 6.45) is 3.86. The molecule has 1 aliphatic heterocycles. The third-order valence-electron chi connectivity index (χ3n) is 4.88. The normalized spacial score (nSPS) is 17.1. The number of hydrogen-bond donors (Lipinski definition) is 1. The van der Waals surface area contributed by atoms with Crippen LogP contribution in [-0.2, 0) is 13.0 Å². The van der Waals surface area contributed by atoms with Gasteiger partial charge in [0.15, 0.2) is 5.82 Å². The first-order chi connectivity index (χ1) is 12.6. The second-order valence-electron chi connectivity index (χ2n) is 6.61. The van der Waals surface area contributed by atoms with Crippen LogP contribution in [0.5, 0.6) is 0 Å². The number of carbonyl (C=O) groups is 1. The number of likely N-dealkylation sites (N-methyl/N-ethyl adjacent to an activating group) is 2. The minimum absolute atomic E-state index is 0.114. The molecule has 1 amide bonds. The predicted octanol–water partition coefficient (Wildman–Crippen LogP) is 0.514. The van der Waals surface area contributed by atoms with Gasteiger partial charge in [-0.05, 0) is 35.0 Å². The summed E-state index contributed by atoms with van der Waals surface area (Å²) in [6.45, 7) is 1.52. The number of carbonyl (C=O) groups excluding carboxylic acids is 1. The highest BCUT2D eigenvalue weighted by atomic mass is 16.2. The largest absolute Gasteiger partial charge is 0.340 e. The zero-order chi connectivity index (χ0) is 18.1. The number of H-pyrrole nitrogens is 1. The molecule has 26 heavy (non-hydrogen) atoms. The average Bonchev–Trinajstić information content (AvgIpc) is 3.32. The second kappa shape index (κ2) is 6.68. The number of hydrogen-bond acceptors (Lipinski definition) is 6. The predicted molar refractivity (Wildman–Crippen MR) is 93.7 cm³/mol. The van der Waals surface area contributed by atoms with Crippen molar-refractivity contribution in [3.05, 3.63) is 53.5 Å². The highest BCUT2D eigenvalue weighted by molar-refractivity contribution is 5.96. The lowest BCUT2D eigenvalue weighted by Gasteiger charge is -2.36. The van der Waals surface area contributed by atoms with Gasteiger partial charge in [-0.2, -0.15) is 9.78 Å². The highest BCUT2D eigenvalue weighted by Gasteiger charge is 2.27. The van der Waals surface area contributed by atoms with Crippen molar-refractivity contribution >= 4 is 5.91 Å². The lowest BCUT2D eigenvalue weighted by molar-refractivity contribution is 0.0733. The third kappa shape index (κ3) is 2.97. The van der Waals surface area contributed by atoms with Crippen LogP contribution in [0.2, 0.25) is 0 Å². The molecule has 1 atom stereocenters. The van der Waals surface area contributed by atoms with Crippen molar-refractivity contribution in [2.45, 2.75) is 19.0 Å². The van der Waals surface area contributed by atoms with Crippen LogP contribution >= 0.6 is 0 Å². The fraction of sp³-hybridized carbons (Fsp3) is 0.353. The molecule has 3 aromatic rings. The van der Waals surface area contributed by atoms with Gasteiger partial charge in [-0.3, -0.25) is 14.8 Å². The molecule has 134 valence electrons. The number of rotatable bonds is 4. The Morgan fingerprint density at radius 1 is 1.35 bits per heavy atom. The van der Waals surface area contributed by atoms with Gasteiger partial charge in [-0.1, -0.05) is 24.3 Å². The van der Waals surface area contributed by atoms with Crippen molar-refractivity contribution in [1.82, 2.24) is 40.2 Å². The van der Waals surface area contributed by atoms with Gasteiger partial charge in [-0.15, -0.1) is 5.10 Å². The summed E-state index contributed by atoms with van der Waals surface area (Å²) in [7, 11) is 3.91. The van der Waals surface area contributed by atoms with Crippen LogP contribution in [0, 0.1) is 0 Å². The Bertz CT molecular complexity index is 903. The fourth-order valence-electron chi connectivity index (χ4n) is 3.40. The van der Waals surface area contributed by atoms with Gasteiger partial charge in [0.25, 0.3) is 5.91 Å². The van der Waals surface area contributed by atoms with E-state index in [0.717, 1.165) is 13.0 Å². The Balaban J connectivity index is 1.50. The molecular formula is C17H20N8O. The van der Waals surface area contributed by atoms with E-state index in [-0.39, 0.29) is 11.9 Å². The van der Waals surface area contributed by atoms with Crippen LogP contribution in [0.25, 0.3) is 5.82 Å². The van der Waals surface area contributed by atoms with E-state index in [4.69, 9.17) is 0 Å². The summed E-state index contributed by atoms with van der Waals surface area (Å²) in [4.78, 5) is 16.9. The molecule has 0 saturated heterocycles. The van der Waals surface area contributed by atoms with Crippen molar-refractivity contribution < 1.29 is 4.79 Å². The lowest BCUT2D eigenvalue weighted by Crippen LogP contribution is -2.46. The maximum absolute atomic E-state index is 12.9. The topological polar surface area (TPSA) is 95.8 Å². The van der Waals surface area contributed by atoms with Crippen LogP contribution < -0.4 is 0 Å². The molecular weight excluding hydrogens is 332 g/mol. The number of nitrogens with zero attached hydrogens (tertiary/aromatic N) is 7. The Morgan fingerprint density at radius 3 is 2.92 bits per heavy atom. The van der Waals surface area contributed by atoms with Crippen molar-refractivity contribution in [3.63, 3.8) is 0 Å². The monoisotopic (exact) mass is 352 g/mol. The van der Waals surface area contributed by atoms with E-state index >= 15 is 0 Å². The quantitative estimate of drug-likeness (QED) is 0.735. The molecule has 0 bridgehead atoms. The van der Waals surface area contributed by atoms with Crippen molar-refractivity contribution in [2.24, 2.45) is 0 Å². The molecule has 4 rings (SSSR count). The van der Waals surface area contributed by atoms with Gasteiger partial charge < -0.3 is 4.90 Å². The van der Waals surface area contributed by atoms with Crippen LogP contribution in [0.4, 0.5) is 0 Å². The molecule has 0 unspecified atom stereocenters. The van der Waals surface area contributed by atoms with Crippen LogP contribution in [0.3, 0.4) is 0 Å². The van der Waals surface area contributed by atoms with Crippen molar-refractivity contribution in [3.8, 4) is 5.82 Å². The van der Waals surface area contributed by atoms with Crippen molar-refractivity contribution in [2.75, 3.05) is 20.6 Å². The SMILES string of the molecule is CN(C[C@H]1Cc2ccccc2CN1C)C(=O)c1cn[nH]c1-n1cnnn1. The summed E-state index contributed by atoms with van der Waals surface area (Å²) in [5.41, 5.74) is 3.16. The van der Waals surface area contributed by atoms with Crippen LogP contribution in [-0.4, -0.2) is 72.8 Å². The first-order valence-corrected chi connectivity index (χ1v) is 8.42. The van der Waals surface area contributed by atoms with E-state index in [2.05, 4.69) is 61.9 Å². The first kappa shape index (κ1) is 16.4. The standard InChI is InChI=1S/C17H20N8O/c1-23-9-13-6-4-3-5-12(13)7-14(23)10-24(2)17(26)15-8-18-20-16(15)25-11-19-21-22-25/h3-6,8,11,14H,7,9-10H2,1-2H3,(H,18,20)/t14-/m1/s1. The maximum atomic E-state index is 12.9. The zero-order valence-corrected chi connectivity index (χ0v) is 14.7. The van der Waals surface area contributed by atoms with Gasteiger partial charge in [0.05, 0.1) is 6.20 Å². The number of nitrogens with one attached hydrogen (secondary N) is 1. The number of tetrazole rings is 1. The summed E-state index contributed by atoms with van der Waals surface area (Å²) in [5, 5.41) is 17.8.